The predicted octanol–water partition coefficient (Wildman–Crippen LogP) is 2.38. The van der Waals surface area contributed by atoms with Gasteiger partial charge in [-0.05, 0) is 18.6 Å². The Morgan fingerprint density at radius 1 is 1.50 bits per heavy atom. The number of rotatable bonds is 3. The summed E-state index contributed by atoms with van der Waals surface area (Å²) in [5.41, 5.74) is 0.470. The molecule has 1 aromatic carbocycles. The highest BCUT2D eigenvalue weighted by Gasteiger charge is 2.11. The van der Waals surface area contributed by atoms with Gasteiger partial charge >= 0.3 is 0 Å². The predicted molar refractivity (Wildman–Crippen MR) is 56.2 cm³/mol. The van der Waals surface area contributed by atoms with Crippen LogP contribution < -0.4 is 5.32 Å². The average Bonchev–Trinajstić information content (AvgIpc) is 2.20. The second-order valence-electron chi connectivity index (χ2n) is 3.32. The fraction of sp³-hybridized carbons (Fsp3) is 0.364. The maximum atomic E-state index is 11.5. The summed E-state index contributed by atoms with van der Waals surface area (Å²) in [6.07, 6.45) is 0.791. The number of anilines is 1. The minimum absolute atomic E-state index is 0.0328. The van der Waals surface area contributed by atoms with Gasteiger partial charge in [-0.3, -0.25) is 4.79 Å². The summed E-state index contributed by atoms with van der Waals surface area (Å²) < 4.78 is 0. The lowest BCUT2D eigenvalue weighted by Gasteiger charge is -2.10. The monoisotopic (exact) mass is 193 g/mol. The van der Waals surface area contributed by atoms with Crippen molar-refractivity contribution in [2.45, 2.75) is 20.3 Å². The normalized spacial score (nSPS) is 12.1. The molecule has 1 rings (SSSR count). The van der Waals surface area contributed by atoms with Crippen LogP contribution in [0, 0.1) is 5.92 Å². The summed E-state index contributed by atoms with van der Waals surface area (Å²) in [6.45, 7) is 3.81. The van der Waals surface area contributed by atoms with Gasteiger partial charge in [-0.25, -0.2) is 0 Å². The number of carbonyl (C=O) groups excluding carboxylic acids is 1. The van der Waals surface area contributed by atoms with Crippen molar-refractivity contribution in [3.63, 3.8) is 0 Å². The van der Waals surface area contributed by atoms with Crippen molar-refractivity contribution in [3.8, 4) is 5.75 Å². The van der Waals surface area contributed by atoms with Crippen LogP contribution in [0.4, 0.5) is 5.69 Å². The number of nitrogens with one attached hydrogen (secondary N) is 1. The number of hydrogen-bond acceptors (Lipinski definition) is 2. The highest BCUT2D eigenvalue weighted by molar-refractivity contribution is 5.93. The van der Waals surface area contributed by atoms with Gasteiger partial charge in [0.2, 0.25) is 5.91 Å². The second kappa shape index (κ2) is 4.65. The summed E-state index contributed by atoms with van der Waals surface area (Å²) in [6, 6.07) is 6.71. The van der Waals surface area contributed by atoms with Crippen molar-refractivity contribution in [1.82, 2.24) is 0 Å². The SMILES string of the molecule is CCC(C)C(=O)Nc1ccccc1O. The van der Waals surface area contributed by atoms with E-state index < -0.39 is 0 Å². The van der Waals surface area contributed by atoms with E-state index in [1.165, 1.54) is 0 Å². The third kappa shape index (κ3) is 2.49. The van der Waals surface area contributed by atoms with Crippen molar-refractivity contribution < 1.29 is 9.90 Å². The first kappa shape index (κ1) is 10.6. The van der Waals surface area contributed by atoms with Crippen molar-refractivity contribution in [2.24, 2.45) is 5.92 Å². The summed E-state index contributed by atoms with van der Waals surface area (Å²) in [5, 5.41) is 12.1. The Balaban J connectivity index is 2.70. The van der Waals surface area contributed by atoms with Gasteiger partial charge in [0.1, 0.15) is 5.75 Å². The molecule has 0 aromatic heterocycles. The lowest BCUT2D eigenvalue weighted by molar-refractivity contribution is -0.119. The Morgan fingerprint density at radius 2 is 2.14 bits per heavy atom. The summed E-state index contributed by atoms with van der Waals surface area (Å²) in [4.78, 5) is 11.5. The number of amides is 1. The molecule has 76 valence electrons. The van der Waals surface area contributed by atoms with Crippen molar-refractivity contribution in [3.05, 3.63) is 24.3 Å². The van der Waals surface area contributed by atoms with Gasteiger partial charge in [-0.15, -0.1) is 0 Å². The molecule has 2 N–H and O–H groups in total. The maximum absolute atomic E-state index is 11.5. The van der Waals surface area contributed by atoms with Gasteiger partial charge in [-0.1, -0.05) is 26.0 Å². The zero-order valence-corrected chi connectivity index (χ0v) is 8.45. The largest absolute Gasteiger partial charge is 0.506 e. The van der Waals surface area contributed by atoms with Gasteiger partial charge in [0.25, 0.3) is 0 Å². The summed E-state index contributed by atoms with van der Waals surface area (Å²) in [5.74, 6) is 0.00718. The molecule has 1 amide bonds. The van der Waals surface area contributed by atoms with Crippen LogP contribution in [0.1, 0.15) is 20.3 Å². The lowest BCUT2D eigenvalue weighted by atomic mass is 10.1. The number of carbonyl (C=O) groups is 1. The van der Waals surface area contributed by atoms with Crippen LogP contribution in [-0.4, -0.2) is 11.0 Å². The Bertz CT molecular complexity index is 323. The molecule has 0 saturated heterocycles. The van der Waals surface area contributed by atoms with Crippen LogP contribution in [0.3, 0.4) is 0 Å². The maximum Gasteiger partial charge on any atom is 0.227 e. The van der Waals surface area contributed by atoms with Crippen LogP contribution >= 0.6 is 0 Å². The molecule has 0 aliphatic carbocycles. The summed E-state index contributed by atoms with van der Waals surface area (Å²) in [7, 11) is 0. The van der Waals surface area contributed by atoms with Crippen LogP contribution in [0.2, 0.25) is 0 Å². The van der Waals surface area contributed by atoms with E-state index in [4.69, 9.17) is 0 Å². The minimum atomic E-state index is -0.0611. The number of phenolic OH excluding ortho intramolecular Hbond substituents is 1. The van der Waals surface area contributed by atoms with E-state index in [1.54, 1.807) is 24.3 Å². The Morgan fingerprint density at radius 3 is 2.71 bits per heavy atom. The van der Waals surface area contributed by atoms with Crippen molar-refractivity contribution in [1.29, 1.82) is 0 Å². The van der Waals surface area contributed by atoms with Gasteiger partial charge in [0.15, 0.2) is 0 Å². The number of benzene rings is 1. The molecule has 0 fully saturated rings. The Labute approximate surface area is 83.8 Å². The van der Waals surface area contributed by atoms with Crippen LogP contribution in [0.25, 0.3) is 0 Å². The number of aromatic hydroxyl groups is 1. The molecule has 0 saturated carbocycles. The number of phenols is 1. The molecule has 0 aliphatic heterocycles. The molecule has 0 aliphatic rings. The molecule has 0 bridgehead atoms. The quantitative estimate of drug-likeness (QED) is 0.724. The third-order valence-corrected chi connectivity index (χ3v) is 2.22. The molecular weight excluding hydrogens is 178 g/mol. The first-order valence-electron chi connectivity index (χ1n) is 4.74. The molecule has 0 spiro atoms. The second-order valence-corrected chi connectivity index (χ2v) is 3.32. The smallest absolute Gasteiger partial charge is 0.227 e. The van der Waals surface area contributed by atoms with E-state index in [1.807, 2.05) is 13.8 Å². The van der Waals surface area contributed by atoms with E-state index in [-0.39, 0.29) is 17.6 Å². The molecule has 0 radical (unpaired) electrons. The first-order valence-corrected chi connectivity index (χ1v) is 4.74. The van der Waals surface area contributed by atoms with Crippen molar-refractivity contribution in [2.75, 3.05) is 5.32 Å². The zero-order valence-electron chi connectivity index (χ0n) is 8.45. The lowest BCUT2D eigenvalue weighted by Crippen LogP contribution is -2.19. The molecule has 3 heteroatoms. The van der Waals surface area contributed by atoms with Gasteiger partial charge in [0.05, 0.1) is 5.69 Å². The molecule has 1 atom stereocenters. The molecule has 3 nitrogen and oxygen atoms in total. The topological polar surface area (TPSA) is 49.3 Å². The molecule has 0 heterocycles. The Kier molecular flexibility index (Phi) is 3.51. The van der Waals surface area contributed by atoms with E-state index in [9.17, 15) is 9.90 Å². The first-order chi connectivity index (χ1) is 6.65. The van der Waals surface area contributed by atoms with Crippen LogP contribution in [0.5, 0.6) is 5.75 Å². The summed E-state index contributed by atoms with van der Waals surface area (Å²) >= 11 is 0. The Hall–Kier alpha value is -1.51. The number of para-hydroxylation sites is 2. The van der Waals surface area contributed by atoms with E-state index in [2.05, 4.69) is 5.32 Å². The fourth-order valence-electron chi connectivity index (χ4n) is 1.02. The van der Waals surface area contributed by atoms with Gasteiger partial charge in [-0.2, -0.15) is 0 Å². The molecule has 1 unspecified atom stereocenters. The molecular formula is C11H15NO2. The highest BCUT2D eigenvalue weighted by Crippen LogP contribution is 2.22. The van der Waals surface area contributed by atoms with Crippen LogP contribution in [0.15, 0.2) is 24.3 Å². The van der Waals surface area contributed by atoms with Gasteiger partial charge in [0, 0.05) is 5.92 Å². The molecule has 14 heavy (non-hydrogen) atoms. The highest BCUT2D eigenvalue weighted by atomic mass is 16.3. The van der Waals surface area contributed by atoms with E-state index in [0.29, 0.717) is 5.69 Å². The zero-order chi connectivity index (χ0) is 10.6. The minimum Gasteiger partial charge on any atom is -0.506 e. The average molecular weight is 193 g/mol. The third-order valence-electron chi connectivity index (χ3n) is 2.22. The fourth-order valence-corrected chi connectivity index (χ4v) is 1.02. The van der Waals surface area contributed by atoms with E-state index >= 15 is 0 Å². The molecule has 1 aromatic rings. The standard InChI is InChI=1S/C11H15NO2/c1-3-8(2)11(14)12-9-6-4-5-7-10(9)13/h4-8,13H,3H2,1-2H3,(H,12,14). The van der Waals surface area contributed by atoms with Crippen molar-refractivity contribution >= 4 is 11.6 Å². The van der Waals surface area contributed by atoms with Gasteiger partial charge < -0.3 is 10.4 Å². The number of hydrogen-bond donors (Lipinski definition) is 2. The van der Waals surface area contributed by atoms with E-state index in [0.717, 1.165) is 6.42 Å². The van der Waals surface area contributed by atoms with Crippen LogP contribution in [-0.2, 0) is 4.79 Å².